The molecule has 126 valence electrons. The summed E-state index contributed by atoms with van der Waals surface area (Å²) in [6.45, 7) is 4.47. The molecule has 4 heteroatoms. The van der Waals surface area contributed by atoms with Crippen LogP contribution in [0.4, 0.5) is 0 Å². The van der Waals surface area contributed by atoms with E-state index in [4.69, 9.17) is 14.2 Å². The van der Waals surface area contributed by atoms with Gasteiger partial charge in [-0.25, -0.2) is 4.79 Å². The molecule has 0 amide bonds. The number of fused-ring (bicyclic) bond motifs is 1. The SMILES string of the molecule is CCOC(=O)[C@]1(C)CCc2cc(OCc3ccccc3)ccc2O1. The molecule has 4 nitrogen and oxygen atoms in total. The lowest BCUT2D eigenvalue weighted by Crippen LogP contribution is -2.45. The van der Waals surface area contributed by atoms with Crippen molar-refractivity contribution in [1.82, 2.24) is 0 Å². The molecule has 1 atom stereocenters. The van der Waals surface area contributed by atoms with Crippen molar-refractivity contribution in [3.05, 3.63) is 59.7 Å². The van der Waals surface area contributed by atoms with E-state index in [9.17, 15) is 4.79 Å². The van der Waals surface area contributed by atoms with E-state index in [2.05, 4.69) is 0 Å². The van der Waals surface area contributed by atoms with Crippen molar-refractivity contribution in [2.45, 2.75) is 38.9 Å². The topological polar surface area (TPSA) is 44.8 Å². The van der Waals surface area contributed by atoms with Crippen LogP contribution >= 0.6 is 0 Å². The first kappa shape index (κ1) is 16.4. The second kappa shape index (κ2) is 6.95. The Kier molecular flexibility index (Phi) is 4.74. The molecule has 0 spiro atoms. The van der Waals surface area contributed by atoms with E-state index in [1.807, 2.05) is 48.5 Å². The highest BCUT2D eigenvalue weighted by Crippen LogP contribution is 2.36. The Bertz CT molecular complexity index is 711. The molecule has 0 fully saturated rings. The zero-order valence-electron chi connectivity index (χ0n) is 14.1. The lowest BCUT2D eigenvalue weighted by molar-refractivity contribution is -0.161. The van der Waals surface area contributed by atoms with E-state index in [0.717, 1.165) is 29.0 Å². The fraction of sp³-hybridized carbons (Fsp3) is 0.350. The van der Waals surface area contributed by atoms with Gasteiger partial charge in [-0.05, 0) is 49.6 Å². The minimum atomic E-state index is -0.907. The van der Waals surface area contributed by atoms with Crippen molar-refractivity contribution in [3.63, 3.8) is 0 Å². The summed E-state index contributed by atoms with van der Waals surface area (Å²) in [6.07, 6.45) is 1.36. The number of benzene rings is 2. The van der Waals surface area contributed by atoms with Crippen LogP contribution in [0.25, 0.3) is 0 Å². The molecule has 0 N–H and O–H groups in total. The zero-order valence-corrected chi connectivity index (χ0v) is 14.1. The fourth-order valence-corrected chi connectivity index (χ4v) is 2.78. The third-order valence-electron chi connectivity index (χ3n) is 4.19. The van der Waals surface area contributed by atoms with Gasteiger partial charge in [0.05, 0.1) is 6.61 Å². The molecule has 0 saturated heterocycles. The van der Waals surface area contributed by atoms with E-state index in [1.54, 1.807) is 13.8 Å². The van der Waals surface area contributed by atoms with E-state index in [1.165, 1.54) is 0 Å². The molecule has 3 rings (SSSR count). The van der Waals surface area contributed by atoms with Crippen molar-refractivity contribution in [2.24, 2.45) is 0 Å². The Morgan fingerprint density at radius 3 is 2.75 bits per heavy atom. The maximum atomic E-state index is 12.1. The van der Waals surface area contributed by atoms with Gasteiger partial charge in [-0.2, -0.15) is 0 Å². The number of aryl methyl sites for hydroxylation is 1. The second-order valence-electron chi connectivity index (χ2n) is 6.10. The third kappa shape index (κ3) is 3.53. The van der Waals surface area contributed by atoms with Crippen molar-refractivity contribution in [1.29, 1.82) is 0 Å². The van der Waals surface area contributed by atoms with Gasteiger partial charge in [0.2, 0.25) is 5.60 Å². The molecule has 24 heavy (non-hydrogen) atoms. The Hall–Kier alpha value is -2.49. The monoisotopic (exact) mass is 326 g/mol. The smallest absolute Gasteiger partial charge is 0.350 e. The van der Waals surface area contributed by atoms with Crippen LogP contribution in [-0.2, 0) is 22.6 Å². The lowest BCUT2D eigenvalue weighted by atomic mass is 9.92. The zero-order chi connectivity index (χ0) is 17.0. The van der Waals surface area contributed by atoms with Crippen LogP contribution in [-0.4, -0.2) is 18.2 Å². The van der Waals surface area contributed by atoms with Crippen LogP contribution in [0.1, 0.15) is 31.4 Å². The minimum Gasteiger partial charge on any atom is -0.489 e. The quantitative estimate of drug-likeness (QED) is 0.782. The lowest BCUT2D eigenvalue weighted by Gasteiger charge is -2.33. The molecule has 1 aliphatic heterocycles. The highest BCUT2D eigenvalue weighted by molar-refractivity contribution is 5.80. The normalized spacial score (nSPS) is 19.1. The number of carbonyl (C=O) groups is 1. The van der Waals surface area contributed by atoms with E-state index in [0.29, 0.717) is 19.6 Å². The number of hydrogen-bond donors (Lipinski definition) is 0. The second-order valence-corrected chi connectivity index (χ2v) is 6.10. The summed E-state index contributed by atoms with van der Waals surface area (Å²) in [7, 11) is 0. The highest BCUT2D eigenvalue weighted by atomic mass is 16.6. The molecule has 1 aliphatic rings. The molecular formula is C20H22O4. The summed E-state index contributed by atoms with van der Waals surface area (Å²) in [5.74, 6) is 1.23. The first-order valence-corrected chi connectivity index (χ1v) is 8.26. The number of esters is 1. The van der Waals surface area contributed by atoms with Gasteiger partial charge < -0.3 is 14.2 Å². The molecule has 0 saturated carbocycles. The van der Waals surface area contributed by atoms with Crippen molar-refractivity contribution in [2.75, 3.05) is 6.61 Å². The molecule has 1 heterocycles. The molecule has 0 unspecified atom stereocenters. The highest BCUT2D eigenvalue weighted by Gasteiger charge is 2.40. The first-order chi connectivity index (χ1) is 11.6. The minimum absolute atomic E-state index is 0.306. The van der Waals surface area contributed by atoms with Crippen molar-refractivity contribution in [3.8, 4) is 11.5 Å². The van der Waals surface area contributed by atoms with Gasteiger partial charge in [-0.3, -0.25) is 0 Å². The van der Waals surface area contributed by atoms with E-state index < -0.39 is 5.60 Å². The summed E-state index contributed by atoms with van der Waals surface area (Å²) in [4.78, 5) is 12.1. The molecule has 0 radical (unpaired) electrons. The van der Waals surface area contributed by atoms with E-state index >= 15 is 0 Å². The van der Waals surface area contributed by atoms with Gasteiger partial charge >= 0.3 is 5.97 Å². The summed E-state index contributed by atoms with van der Waals surface area (Å²) in [5, 5.41) is 0. The van der Waals surface area contributed by atoms with Gasteiger partial charge in [0.1, 0.15) is 18.1 Å². The summed E-state index contributed by atoms with van der Waals surface area (Å²) < 4.78 is 16.9. The molecule has 0 aliphatic carbocycles. The number of hydrogen-bond acceptors (Lipinski definition) is 4. The maximum absolute atomic E-state index is 12.1. The van der Waals surface area contributed by atoms with E-state index in [-0.39, 0.29) is 5.97 Å². The van der Waals surface area contributed by atoms with Crippen LogP contribution in [0.15, 0.2) is 48.5 Å². The molecule has 0 bridgehead atoms. The van der Waals surface area contributed by atoms with Gasteiger partial charge in [-0.15, -0.1) is 0 Å². The fourth-order valence-electron chi connectivity index (χ4n) is 2.78. The number of ether oxygens (including phenoxy) is 3. The van der Waals surface area contributed by atoms with Crippen LogP contribution in [0.2, 0.25) is 0 Å². The average molecular weight is 326 g/mol. The standard InChI is InChI=1S/C20H22O4/c1-3-22-19(21)20(2)12-11-16-13-17(9-10-18(16)24-20)23-14-15-7-5-4-6-8-15/h4-10,13H,3,11-12,14H2,1-2H3/t20-/m0/s1. The number of rotatable bonds is 5. The van der Waals surface area contributed by atoms with Crippen LogP contribution < -0.4 is 9.47 Å². The van der Waals surface area contributed by atoms with Crippen molar-refractivity contribution >= 4 is 5.97 Å². The van der Waals surface area contributed by atoms with Gasteiger partial charge in [-0.1, -0.05) is 30.3 Å². The van der Waals surface area contributed by atoms with Crippen molar-refractivity contribution < 1.29 is 19.0 Å². The first-order valence-electron chi connectivity index (χ1n) is 8.26. The van der Waals surface area contributed by atoms with Crippen LogP contribution in [0, 0.1) is 0 Å². The third-order valence-corrected chi connectivity index (χ3v) is 4.19. The average Bonchev–Trinajstić information content (AvgIpc) is 2.61. The summed E-state index contributed by atoms with van der Waals surface area (Å²) >= 11 is 0. The van der Waals surface area contributed by atoms with Crippen LogP contribution in [0.5, 0.6) is 11.5 Å². The predicted molar refractivity (Wildman–Crippen MR) is 91.2 cm³/mol. The maximum Gasteiger partial charge on any atom is 0.350 e. The Morgan fingerprint density at radius 2 is 2.00 bits per heavy atom. The Morgan fingerprint density at radius 1 is 1.21 bits per heavy atom. The molecule has 0 aromatic heterocycles. The summed E-state index contributed by atoms with van der Waals surface area (Å²) in [6, 6.07) is 15.8. The molecule has 2 aromatic carbocycles. The predicted octanol–water partition coefficient (Wildman–Crippen LogP) is 3.91. The van der Waals surface area contributed by atoms with Gasteiger partial charge in [0, 0.05) is 6.42 Å². The Balaban J connectivity index is 1.68. The largest absolute Gasteiger partial charge is 0.489 e. The molecule has 2 aromatic rings. The van der Waals surface area contributed by atoms with Gasteiger partial charge in [0.25, 0.3) is 0 Å². The Labute approximate surface area is 142 Å². The molecular weight excluding hydrogens is 304 g/mol. The number of carbonyl (C=O) groups excluding carboxylic acids is 1. The van der Waals surface area contributed by atoms with Crippen LogP contribution in [0.3, 0.4) is 0 Å². The van der Waals surface area contributed by atoms with Gasteiger partial charge in [0.15, 0.2) is 0 Å². The summed E-state index contributed by atoms with van der Waals surface area (Å²) in [5.41, 5.74) is 1.28.